The van der Waals surface area contributed by atoms with Gasteiger partial charge in [-0.15, -0.1) is 24.0 Å². The van der Waals surface area contributed by atoms with E-state index in [1.54, 1.807) is 32.4 Å². The molecule has 0 saturated heterocycles. The molecular formula is C17H30IN3O4. The molecule has 0 aliphatic rings. The molecule has 0 heterocycles. The lowest BCUT2D eigenvalue weighted by atomic mass is 10.1. The highest BCUT2D eigenvalue weighted by atomic mass is 127. The fourth-order valence-electron chi connectivity index (χ4n) is 2.03. The van der Waals surface area contributed by atoms with Crippen LogP contribution in [0.2, 0.25) is 0 Å². The quantitative estimate of drug-likeness (QED) is 0.211. The highest BCUT2D eigenvalue weighted by Gasteiger charge is 2.11. The van der Waals surface area contributed by atoms with E-state index >= 15 is 0 Å². The third-order valence-corrected chi connectivity index (χ3v) is 3.27. The number of aliphatic hydroxyl groups excluding tert-OH is 1. The van der Waals surface area contributed by atoms with Gasteiger partial charge in [0.05, 0.1) is 33.5 Å². The molecule has 0 aliphatic heterocycles. The lowest BCUT2D eigenvalue weighted by Gasteiger charge is -2.14. The molecule has 0 bridgehead atoms. The zero-order valence-electron chi connectivity index (χ0n) is 15.4. The summed E-state index contributed by atoms with van der Waals surface area (Å²) in [5, 5.41) is 16.7. The van der Waals surface area contributed by atoms with Crippen LogP contribution in [0.3, 0.4) is 0 Å². The topological polar surface area (TPSA) is 84.3 Å². The molecule has 7 nitrogen and oxygen atoms in total. The van der Waals surface area contributed by atoms with Gasteiger partial charge in [0.15, 0.2) is 5.96 Å². The Morgan fingerprint density at radius 3 is 2.28 bits per heavy atom. The number of rotatable bonds is 10. The van der Waals surface area contributed by atoms with Crippen LogP contribution in [0.15, 0.2) is 23.2 Å². The Hall–Kier alpha value is -1.26. The van der Waals surface area contributed by atoms with Crippen LogP contribution in [0.25, 0.3) is 0 Å². The number of nitrogens with one attached hydrogen (secondary N) is 2. The van der Waals surface area contributed by atoms with Crippen molar-refractivity contribution in [2.75, 3.05) is 47.1 Å². The van der Waals surface area contributed by atoms with Crippen LogP contribution in [0.5, 0.6) is 11.5 Å². The van der Waals surface area contributed by atoms with Gasteiger partial charge < -0.3 is 30.0 Å². The number of methoxy groups -OCH3 is 2. The van der Waals surface area contributed by atoms with E-state index in [9.17, 15) is 5.11 Å². The summed E-state index contributed by atoms with van der Waals surface area (Å²) >= 11 is 0. The summed E-state index contributed by atoms with van der Waals surface area (Å²) in [7, 11) is 3.16. The molecule has 0 radical (unpaired) electrons. The summed E-state index contributed by atoms with van der Waals surface area (Å²) in [6.07, 6.45) is -0.753. The van der Waals surface area contributed by atoms with Gasteiger partial charge in [0.25, 0.3) is 0 Å². The molecule has 1 aromatic rings. The molecule has 1 atom stereocenters. The van der Waals surface area contributed by atoms with Crippen molar-refractivity contribution in [2.45, 2.75) is 20.0 Å². The van der Waals surface area contributed by atoms with Crippen molar-refractivity contribution in [3.05, 3.63) is 23.8 Å². The molecule has 8 heteroatoms. The first-order valence-corrected chi connectivity index (χ1v) is 8.15. The molecule has 1 rings (SSSR count). The first-order valence-electron chi connectivity index (χ1n) is 8.15. The predicted octanol–water partition coefficient (Wildman–Crippen LogP) is 1.95. The van der Waals surface area contributed by atoms with Crippen molar-refractivity contribution in [1.82, 2.24) is 10.6 Å². The first-order chi connectivity index (χ1) is 11.6. The number of aliphatic hydroxyl groups is 1. The van der Waals surface area contributed by atoms with Gasteiger partial charge in [-0.05, 0) is 31.5 Å². The number of aliphatic imine (C=N–C) groups is 1. The summed E-state index contributed by atoms with van der Waals surface area (Å²) in [6.45, 7) is 6.86. The second-order valence-electron chi connectivity index (χ2n) is 5.01. The SMILES string of the molecule is CCNC(=NCC(O)c1cc(OC)cc(OC)c1)NCCOCC.I. The van der Waals surface area contributed by atoms with Crippen molar-refractivity contribution < 1.29 is 19.3 Å². The Bertz CT molecular complexity index is 492. The number of halogens is 1. The third-order valence-electron chi connectivity index (χ3n) is 3.27. The summed E-state index contributed by atoms with van der Waals surface area (Å²) in [5.41, 5.74) is 0.695. The van der Waals surface area contributed by atoms with Crippen LogP contribution in [-0.2, 0) is 4.74 Å². The maximum Gasteiger partial charge on any atom is 0.191 e. The standard InChI is InChI=1S/C17H29N3O4.HI/c1-5-18-17(19-7-8-24-6-2)20-12-16(21)13-9-14(22-3)11-15(10-13)23-4;/h9-11,16,21H,5-8,12H2,1-4H3,(H2,18,19,20);1H. The van der Waals surface area contributed by atoms with Gasteiger partial charge in [-0.25, -0.2) is 0 Å². The highest BCUT2D eigenvalue weighted by molar-refractivity contribution is 14.0. The molecule has 0 aromatic heterocycles. The van der Waals surface area contributed by atoms with E-state index in [4.69, 9.17) is 14.2 Å². The van der Waals surface area contributed by atoms with Crippen LogP contribution < -0.4 is 20.1 Å². The minimum Gasteiger partial charge on any atom is -0.497 e. The molecule has 1 aromatic carbocycles. The second-order valence-corrected chi connectivity index (χ2v) is 5.01. The molecule has 1 unspecified atom stereocenters. The summed E-state index contributed by atoms with van der Waals surface area (Å²) in [6, 6.07) is 5.31. The van der Waals surface area contributed by atoms with Crippen LogP contribution in [0, 0.1) is 0 Å². The number of benzene rings is 1. The van der Waals surface area contributed by atoms with Gasteiger partial charge in [-0.1, -0.05) is 0 Å². The van der Waals surface area contributed by atoms with E-state index in [0.717, 1.165) is 6.54 Å². The van der Waals surface area contributed by atoms with E-state index in [0.29, 0.717) is 42.8 Å². The lowest BCUT2D eigenvalue weighted by Crippen LogP contribution is -2.39. The summed E-state index contributed by atoms with van der Waals surface area (Å²) in [5.74, 6) is 1.91. The van der Waals surface area contributed by atoms with Crippen LogP contribution in [-0.4, -0.2) is 58.1 Å². The molecule has 0 saturated carbocycles. The van der Waals surface area contributed by atoms with Crippen molar-refractivity contribution >= 4 is 29.9 Å². The van der Waals surface area contributed by atoms with E-state index < -0.39 is 6.10 Å². The fraction of sp³-hybridized carbons (Fsp3) is 0.588. The van der Waals surface area contributed by atoms with Gasteiger partial charge in [-0.3, -0.25) is 4.99 Å². The van der Waals surface area contributed by atoms with E-state index in [2.05, 4.69) is 15.6 Å². The minimum absolute atomic E-state index is 0. The van der Waals surface area contributed by atoms with Crippen LogP contribution in [0.4, 0.5) is 0 Å². The largest absolute Gasteiger partial charge is 0.497 e. The minimum atomic E-state index is -0.753. The molecule has 0 spiro atoms. The normalized spacial score (nSPS) is 12.1. The smallest absolute Gasteiger partial charge is 0.191 e. The van der Waals surface area contributed by atoms with Crippen molar-refractivity contribution in [1.29, 1.82) is 0 Å². The summed E-state index contributed by atoms with van der Waals surface area (Å²) in [4.78, 5) is 4.41. The van der Waals surface area contributed by atoms with Crippen LogP contribution >= 0.6 is 24.0 Å². The lowest BCUT2D eigenvalue weighted by molar-refractivity contribution is 0.152. The molecular weight excluding hydrogens is 437 g/mol. The van der Waals surface area contributed by atoms with Gasteiger partial charge in [0.1, 0.15) is 11.5 Å². The van der Waals surface area contributed by atoms with Crippen LogP contribution in [0.1, 0.15) is 25.5 Å². The molecule has 144 valence electrons. The van der Waals surface area contributed by atoms with Crippen molar-refractivity contribution in [2.24, 2.45) is 4.99 Å². The Morgan fingerprint density at radius 1 is 1.12 bits per heavy atom. The first kappa shape index (κ1) is 23.7. The maximum absolute atomic E-state index is 10.4. The third kappa shape index (κ3) is 9.13. The zero-order valence-corrected chi connectivity index (χ0v) is 17.7. The van der Waals surface area contributed by atoms with Crippen molar-refractivity contribution in [3.63, 3.8) is 0 Å². The monoisotopic (exact) mass is 467 g/mol. The van der Waals surface area contributed by atoms with Gasteiger partial charge >= 0.3 is 0 Å². The van der Waals surface area contributed by atoms with Gasteiger partial charge in [-0.2, -0.15) is 0 Å². The van der Waals surface area contributed by atoms with Gasteiger partial charge in [0.2, 0.25) is 0 Å². The average molecular weight is 467 g/mol. The molecule has 0 aliphatic carbocycles. The average Bonchev–Trinajstić information content (AvgIpc) is 2.62. The van der Waals surface area contributed by atoms with E-state index in [1.165, 1.54) is 0 Å². The Morgan fingerprint density at radius 2 is 1.76 bits per heavy atom. The number of hydrogen-bond acceptors (Lipinski definition) is 5. The number of nitrogens with zero attached hydrogens (tertiary/aromatic N) is 1. The van der Waals surface area contributed by atoms with E-state index in [-0.39, 0.29) is 30.5 Å². The predicted molar refractivity (Wildman–Crippen MR) is 110 cm³/mol. The molecule has 0 amide bonds. The Kier molecular flexibility index (Phi) is 13.3. The Labute approximate surface area is 167 Å². The number of hydrogen-bond donors (Lipinski definition) is 3. The summed E-state index contributed by atoms with van der Waals surface area (Å²) < 4.78 is 15.7. The van der Waals surface area contributed by atoms with Crippen molar-refractivity contribution in [3.8, 4) is 11.5 Å². The number of guanidine groups is 1. The number of ether oxygens (including phenoxy) is 3. The zero-order chi connectivity index (χ0) is 17.8. The highest BCUT2D eigenvalue weighted by Crippen LogP contribution is 2.26. The van der Waals surface area contributed by atoms with Gasteiger partial charge in [0, 0.05) is 25.8 Å². The van der Waals surface area contributed by atoms with E-state index in [1.807, 2.05) is 13.8 Å². The molecule has 25 heavy (non-hydrogen) atoms. The maximum atomic E-state index is 10.4. The second kappa shape index (κ2) is 14.0. The molecule has 0 fully saturated rings. The Balaban J connectivity index is 0.00000576. The molecule has 3 N–H and O–H groups in total. The fourth-order valence-corrected chi connectivity index (χ4v) is 2.03.